The molecule has 1 N–H and O–H groups in total. The van der Waals surface area contributed by atoms with Crippen molar-refractivity contribution in [2.24, 2.45) is 0 Å². The van der Waals surface area contributed by atoms with Crippen LogP contribution in [0.1, 0.15) is 24.5 Å². The van der Waals surface area contributed by atoms with Gasteiger partial charge in [0.15, 0.2) is 0 Å². The van der Waals surface area contributed by atoms with Gasteiger partial charge in [0.1, 0.15) is 0 Å². The van der Waals surface area contributed by atoms with Gasteiger partial charge < -0.3 is 10.1 Å². The van der Waals surface area contributed by atoms with Crippen LogP contribution in [-0.4, -0.2) is 43.0 Å². The summed E-state index contributed by atoms with van der Waals surface area (Å²) in [5.41, 5.74) is 2.04. The van der Waals surface area contributed by atoms with Crippen molar-refractivity contribution >= 4 is 11.9 Å². The van der Waals surface area contributed by atoms with E-state index in [0.717, 1.165) is 24.1 Å². The van der Waals surface area contributed by atoms with Crippen LogP contribution in [0.15, 0.2) is 24.3 Å². The van der Waals surface area contributed by atoms with Gasteiger partial charge in [-0.25, -0.2) is 0 Å². The summed E-state index contributed by atoms with van der Waals surface area (Å²) in [6.07, 6.45) is 1.05. The van der Waals surface area contributed by atoms with Crippen molar-refractivity contribution in [3.8, 4) is 0 Å². The topological polar surface area (TPSA) is 58.6 Å². The summed E-state index contributed by atoms with van der Waals surface area (Å²) in [7, 11) is 1.40. The Morgan fingerprint density at radius 2 is 2.10 bits per heavy atom. The third kappa shape index (κ3) is 3.82. The summed E-state index contributed by atoms with van der Waals surface area (Å²) < 4.78 is 4.74. The number of hydrogen-bond donors (Lipinski definition) is 1. The summed E-state index contributed by atoms with van der Waals surface area (Å²) in [4.78, 5) is 25.6. The van der Waals surface area contributed by atoms with E-state index >= 15 is 0 Å². The second-order valence-corrected chi connectivity index (χ2v) is 5.21. The Morgan fingerprint density at radius 1 is 1.38 bits per heavy atom. The Morgan fingerprint density at radius 3 is 2.76 bits per heavy atom. The summed E-state index contributed by atoms with van der Waals surface area (Å²) in [6.45, 7) is 4.20. The first-order valence-corrected chi connectivity index (χ1v) is 7.31. The molecule has 21 heavy (non-hydrogen) atoms. The molecule has 1 fully saturated rings. The van der Waals surface area contributed by atoms with Crippen LogP contribution < -0.4 is 5.32 Å². The van der Waals surface area contributed by atoms with Crippen molar-refractivity contribution in [2.75, 3.05) is 20.2 Å². The zero-order valence-electron chi connectivity index (χ0n) is 12.6. The fourth-order valence-corrected chi connectivity index (χ4v) is 2.73. The van der Waals surface area contributed by atoms with Gasteiger partial charge in [0.2, 0.25) is 5.91 Å². The van der Waals surface area contributed by atoms with Crippen LogP contribution in [0.4, 0.5) is 0 Å². The lowest BCUT2D eigenvalue weighted by Gasteiger charge is -2.34. The minimum Gasteiger partial charge on any atom is -0.469 e. The highest BCUT2D eigenvalue weighted by molar-refractivity contribution is 5.82. The van der Waals surface area contributed by atoms with E-state index in [1.807, 2.05) is 31.2 Å². The monoisotopic (exact) mass is 290 g/mol. The molecule has 1 aromatic carbocycles. The molecular formula is C16H22N2O3. The number of methoxy groups -OCH3 is 1. The van der Waals surface area contributed by atoms with Gasteiger partial charge in [-0.2, -0.15) is 0 Å². The molecule has 5 nitrogen and oxygen atoms in total. The van der Waals surface area contributed by atoms with Gasteiger partial charge in [-0.1, -0.05) is 31.2 Å². The maximum absolute atomic E-state index is 11.9. The molecule has 1 saturated heterocycles. The van der Waals surface area contributed by atoms with Crippen molar-refractivity contribution in [2.45, 2.75) is 32.4 Å². The van der Waals surface area contributed by atoms with Crippen molar-refractivity contribution in [3.05, 3.63) is 35.4 Å². The Balaban J connectivity index is 2.14. The number of amides is 1. The number of nitrogens with zero attached hydrogens (tertiary/aromatic N) is 1. The summed E-state index contributed by atoms with van der Waals surface area (Å²) in [5, 5.41) is 2.90. The molecule has 1 atom stereocenters. The molecule has 0 aromatic heterocycles. The van der Waals surface area contributed by atoms with Crippen LogP contribution in [0.5, 0.6) is 0 Å². The van der Waals surface area contributed by atoms with E-state index < -0.39 is 0 Å². The second kappa shape index (κ2) is 7.22. The lowest BCUT2D eigenvalue weighted by Crippen LogP contribution is -2.54. The first-order chi connectivity index (χ1) is 10.2. The molecule has 1 amide bonds. The molecule has 114 valence electrons. The maximum atomic E-state index is 11.9. The molecule has 0 saturated carbocycles. The van der Waals surface area contributed by atoms with Crippen LogP contribution in [0.25, 0.3) is 0 Å². The van der Waals surface area contributed by atoms with Gasteiger partial charge >= 0.3 is 5.97 Å². The minimum absolute atomic E-state index is 0.0919. The standard InChI is InChI=1S/C16H22N2O3/c1-3-14-16(20)17-8-9-18(14)11-13-7-5-4-6-12(13)10-15(19)21-2/h4-7,14H,3,8-11H2,1-2H3,(H,17,20). The van der Waals surface area contributed by atoms with Crippen LogP contribution in [-0.2, 0) is 27.3 Å². The van der Waals surface area contributed by atoms with Gasteiger partial charge in [0, 0.05) is 19.6 Å². The van der Waals surface area contributed by atoms with Gasteiger partial charge in [-0.05, 0) is 17.5 Å². The number of ether oxygens (including phenoxy) is 1. The molecule has 1 unspecified atom stereocenters. The molecule has 0 radical (unpaired) electrons. The molecule has 0 aliphatic carbocycles. The average Bonchev–Trinajstić information content (AvgIpc) is 2.49. The normalized spacial score (nSPS) is 19.1. The molecular weight excluding hydrogens is 268 g/mol. The van der Waals surface area contributed by atoms with Crippen molar-refractivity contribution in [3.63, 3.8) is 0 Å². The first-order valence-electron chi connectivity index (χ1n) is 7.31. The van der Waals surface area contributed by atoms with Crippen molar-refractivity contribution < 1.29 is 14.3 Å². The molecule has 2 rings (SSSR count). The summed E-state index contributed by atoms with van der Waals surface area (Å²) in [5.74, 6) is -0.153. The number of hydrogen-bond acceptors (Lipinski definition) is 4. The van der Waals surface area contributed by atoms with E-state index in [-0.39, 0.29) is 24.3 Å². The number of rotatable bonds is 5. The predicted octanol–water partition coefficient (Wildman–Crippen LogP) is 1.11. The summed E-state index contributed by atoms with van der Waals surface area (Å²) >= 11 is 0. The van der Waals surface area contributed by atoms with E-state index in [9.17, 15) is 9.59 Å². The molecule has 0 spiro atoms. The van der Waals surface area contributed by atoms with E-state index in [1.54, 1.807) is 0 Å². The second-order valence-electron chi connectivity index (χ2n) is 5.21. The van der Waals surface area contributed by atoms with Gasteiger partial charge in [-0.3, -0.25) is 14.5 Å². The van der Waals surface area contributed by atoms with E-state index in [4.69, 9.17) is 4.74 Å². The highest BCUT2D eigenvalue weighted by Crippen LogP contribution is 2.17. The van der Waals surface area contributed by atoms with E-state index in [1.165, 1.54) is 7.11 Å². The zero-order chi connectivity index (χ0) is 15.2. The van der Waals surface area contributed by atoms with Crippen LogP contribution in [0, 0.1) is 0 Å². The molecule has 1 heterocycles. The van der Waals surface area contributed by atoms with Crippen molar-refractivity contribution in [1.82, 2.24) is 10.2 Å². The largest absolute Gasteiger partial charge is 0.469 e. The third-order valence-corrected chi connectivity index (χ3v) is 3.88. The Kier molecular flexibility index (Phi) is 5.33. The maximum Gasteiger partial charge on any atom is 0.309 e. The van der Waals surface area contributed by atoms with Crippen LogP contribution in [0.2, 0.25) is 0 Å². The SMILES string of the molecule is CCC1C(=O)NCCN1Cc1ccccc1CC(=O)OC. The zero-order valence-corrected chi connectivity index (χ0v) is 12.6. The molecule has 5 heteroatoms. The molecule has 1 aliphatic heterocycles. The highest BCUT2D eigenvalue weighted by atomic mass is 16.5. The highest BCUT2D eigenvalue weighted by Gasteiger charge is 2.28. The fourth-order valence-electron chi connectivity index (χ4n) is 2.73. The van der Waals surface area contributed by atoms with E-state index in [2.05, 4.69) is 10.2 Å². The lowest BCUT2D eigenvalue weighted by molar-refractivity contribution is -0.139. The number of carbonyl (C=O) groups excluding carboxylic acids is 2. The quantitative estimate of drug-likeness (QED) is 0.825. The van der Waals surface area contributed by atoms with Gasteiger partial charge in [0.05, 0.1) is 19.6 Å². The number of piperazine rings is 1. The Bertz CT molecular complexity index is 516. The molecule has 1 aliphatic rings. The fraction of sp³-hybridized carbons (Fsp3) is 0.500. The van der Waals surface area contributed by atoms with E-state index in [0.29, 0.717) is 13.1 Å². The van der Waals surface area contributed by atoms with Gasteiger partial charge in [0.25, 0.3) is 0 Å². The third-order valence-electron chi connectivity index (χ3n) is 3.88. The number of benzene rings is 1. The minimum atomic E-state index is -0.245. The van der Waals surface area contributed by atoms with Gasteiger partial charge in [-0.15, -0.1) is 0 Å². The molecule has 1 aromatic rings. The number of carbonyl (C=O) groups is 2. The van der Waals surface area contributed by atoms with Crippen LogP contribution >= 0.6 is 0 Å². The Hall–Kier alpha value is -1.88. The smallest absolute Gasteiger partial charge is 0.309 e. The number of nitrogens with one attached hydrogen (secondary N) is 1. The predicted molar refractivity (Wildman–Crippen MR) is 79.7 cm³/mol. The van der Waals surface area contributed by atoms with Crippen LogP contribution in [0.3, 0.4) is 0 Å². The summed E-state index contributed by atoms with van der Waals surface area (Å²) in [6, 6.07) is 7.74. The first kappa shape index (κ1) is 15.5. The van der Waals surface area contributed by atoms with Crippen molar-refractivity contribution in [1.29, 1.82) is 0 Å². The number of esters is 1. The molecule has 0 bridgehead atoms. The average molecular weight is 290 g/mol. The lowest BCUT2D eigenvalue weighted by atomic mass is 10.0. The Labute approximate surface area is 125 Å².